The highest BCUT2D eigenvalue weighted by Gasteiger charge is 2.20. The molecule has 0 aliphatic rings. The van der Waals surface area contributed by atoms with E-state index >= 15 is 0 Å². The first-order valence-corrected chi connectivity index (χ1v) is 7.98. The van der Waals surface area contributed by atoms with E-state index in [1.54, 1.807) is 11.0 Å². The number of benzene rings is 2. The van der Waals surface area contributed by atoms with E-state index in [0.717, 1.165) is 10.9 Å². The fourth-order valence-electron chi connectivity index (χ4n) is 2.58. The summed E-state index contributed by atoms with van der Waals surface area (Å²) >= 11 is 0. The van der Waals surface area contributed by atoms with Gasteiger partial charge in [-0.3, -0.25) is 9.59 Å². The van der Waals surface area contributed by atoms with E-state index in [0.29, 0.717) is 11.4 Å². The number of pyridine rings is 1. The van der Waals surface area contributed by atoms with Crippen molar-refractivity contribution in [3.05, 3.63) is 72.4 Å². The van der Waals surface area contributed by atoms with Crippen LogP contribution in [0.3, 0.4) is 0 Å². The molecule has 0 spiro atoms. The van der Waals surface area contributed by atoms with Gasteiger partial charge in [-0.2, -0.15) is 0 Å². The van der Waals surface area contributed by atoms with Crippen LogP contribution in [0.1, 0.15) is 16.9 Å². The van der Waals surface area contributed by atoms with E-state index in [9.17, 15) is 9.59 Å². The minimum atomic E-state index is -0.361. The number of carbonyl (C=O) groups is 2. The van der Waals surface area contributed by atoms with Gasteiger partial charge in [0.1, 0.15) is 5.69 Å². The second kappa shape index (κ2) is 7.57. The number of rotatable bonds is 5. The molecule has 0 saturated heterocycles. The largest absolute Gasteiger partial charge is 0.469 e. The van der Waals surface area contributed by atoms with E-state index in [-0.39, 0.29) is 24.8 Å². The number of hydrogen-bond acceptors (Lipinski definition) is 4. The minimum absolute atomic E-state index is 0.116. The summed E-state index contributed by atoms with van der Waals surface area (Å²) in [6, 6.07) is 20.4. The topological polar surface area (TPSA) is 59.5 Å². The summed E-state index contributed by atoms with van der Waals surface area (Å²) in [5.41, 5.74) is 1.81. The molecule has 1 heterocycles. The normalized spacial score (nSPS) is 10.4. The molecule has 0 N–H and O–H groups in total. The third-order valence-corrected chi connectivity index (χ3v) is 3.90. The Balaban J connectivity index is 1.92. The summed E-state index contributed by atoms with van der Waals surface area (Å²) in [6.45, 7) is 0.226. The van der Waals surface area contributed by atoms with E-state index in [1.165, 1.54) is 7.11 Å². The van der Waals surface area contributed by atoms with Gasteiger partial charge in [0.15, 0.2) is 0 Å². The quantitative estimate of drug-likeness (QED) is 0.671. The summed E-state index contributed by atoms with van der Waals surface area (Å²) < 4.78 is 4.69. The third kappa shape index (κ3) is 3.83. The zero-order valence-corrected chi connectivity index (χ0v) is 13.9. The Hall–Kier alpha value is -3.21. The lowest BCUT2D eigenvalue weighted by atomic mass is 10.2. The predicted octanol–water partition coefficient (Wildman–Crippen LogP) is 3.44. The fourth-order valence-corrected chi connectivity index (χ4v) is 2.58. The van der Waals surface area contributed by atoms with Crippen LogP contribution >= 0.6 is 0 Å². The van der Waals surface area contributed by atoms with Crippen LogP contribution in [0.2, 0.25) is 0 Å². The molecule has 0 unspecified atom stereocenters. The number of nitrogens with zero attached hydrogens (tertiary/aromatic N) is 2. The van der Waals surface area contributed by atoms with Gasteiger partial charge in [0.2, 0.25) is 0 Å². The molecule has 3 aromatic rings. The molecular formula is C20H18N2O3. The van der Waals surface area contributed by atoms with Crippen LogP contribution in [0, 0.1) is 0 Å². The lowest BCUT2D eigenvalue weighted by molar-refractivity contribution is -0.140. The Morgan fingerprint density at radius 3 is 2.44 bits per heavy atom. The average molecular weight is 334 g/mol. The first-order chi connectivity index (χ1) is 12.2. The molecule has 0 aliphatic heterocycles. The molecule has 126 valence electrons. The number of hydrogen-bond donors (Lipinski definition) is 0. The molecule has 3 rings (SSSR count). The van der Waals surface area contributed by atoms with Crippen LogP contribution in [-0.4, -0.2) is 30.5 Å². The van der Waals surface area contributed by atoms with E-state index in [1.807, 2.05) is 60.7 Å². The van der Waals surface area contributed by atoms with Gasteiger partial charge in [-0.15, -0.1) is 0 Å². The Kier molecular flexibility index (Phi) is 5.04. The van der Waals surface area contributed by atoms with Crippen LogP contribution in [0.5, 0.6) is 0 Å². The third-order valence-electron chi connectivity index (χ3n) is 3.90. The summed E-state index contributed by atoms with van der Waals surface area (Å²) in [5.74, 6) is -0.610. The Morgan fingerprint density at radius 1 is 0.960 bits per heavy atom. The molecule has 25 heavy (non-hydrogen) atoms. The van der Waals surface area contributed by atoms with Crippen molar-refractivity contribution in [2.45, 2.75) is 6.42 Å². The fraction of sp³-hybridized carbons (Fsp3) is 0.150. The van der Waals surface area contributed by atoms with Crippen molar-refractivity contribution < 1.29 is 14.3 Å². The van der Waals surface area contributed by atoms with Gasteiger partial charge in [-0.05, 0) is 24.3 Å². The Bertz CT molecular complexity index is 894. The number of methoxy groups -OCH3 is 1. The number of aromatic nitrogens is 1. The molecule has 1 amide bonds. The maximum Gasteiger partial charge on any atom is 0.307 e. The molecule has 0 aliphatic carbocycles. The number of amides is 1. The van der Waals surface area contributed by atoms with Crippen molar-refractivity contribution in [2.24, 2.45) is 0 Å². The van der Waals surface area contributed by atoms with Crippen LogP contribution in [0.25, 0.3) is 10.9 Å². The lowest BCUT2D eigenvalue weighted by Crippen LogP contribution is -2.33. The van der Waals surface area contributed by atoms with Crippen molar-refractivity contribution in [1.82, 2.24) is 4.98 Å². The van der Waals surface area contributed by atoms with Gasteiger partial charge in [0.05, 0.1) is 19.0 Å². The number of fused-ring (bicyclic) bond motifs is 1. The molecule has 0 bridgehead atoms. The molecule has 2 aromatic carbocycles. The highest BCUT2D eigenvalue weighted by molar-refractivity contribution is 6.06. The molecule has 0 fully saturated rings. The lowest BCUT2D eigenvalue weighted by Gasteiger charge is -2.22. The Morgan fingerprint density at radius 2 is 1.68 bits per heavy atom. The number of esters is 1. The molecule has 1 aromatic heterocycles. The molecule has 0 radical (unpaired) electrons. The van der Waals surface area contributed by atoms with E-state index in [2.05, 4.69) is 9.72 Å². The minimum Gasteiger partial charge on any atom is -0.469 e. The van der Waals surface area contributed by atoms with Gasteiger partial charge in [0, 0.05) is 17.6 Å². The average Bonchev–Trinajstić information content (AvgIpc) is 2.68. The second-order valence-corrected chi connectivity index (χ2v) is 5.51. The van der Waals surface area contributed by atoms with E-state index in [4.69, 9.17) is 0 Å². The summed E-state index contributed by atoms with van der Waals surface area (Å²) in [7, 11) is 1.34. The van der Waals surface area contributed by atoms with Crippen molar-refractivity contribution in [3.63, 3.8) is 0 Å². The second-order valence-electron chi connectivity index (χ2n) is 5.51. The van der Waals surface area contributed by atoms with Gasteiger partial charge in [-0.25, -0.2) is 4.98 Å². The maximum atomic E-state index is 13.0. The van der Waals surface area contributed by atoms with Crippen molar-refractivity contribution in [3.8, 4) is 0 Å². The standard InChI is InChI=1S/C20H18N2O3/c1-25-19(23)13-14-22(16-8-3-2-4-9-16)20(24)18-12-11-15-7-5-6-10-17(15)21-18/h2-12H,13-14H2,1H3. The summed E-state index contributed by atoms with van der Waals surface area (Å²) in [4.78, 5) is 30.5. The zero-order chi connectivity index (χ0) is 17.6. The highest BCUT2D eigenvalue weighted by Crippen LogP contribution is 2.19. The van der Waals surface area contributed by atoms with E-state index < -0.39 is 0 Å². The highest BCUT2D eigenvalue weighted by atomic mass is 16.5. The van der Waals surface area contributed by atoms with Crippen LogP contribution in [-0.2, 0) is 9.53 Å². The van der Waals surface area contributed by atoms with Crippen molar-refractivity contribution in [2.75, 3.05) is 18.6 Å². The maximum absolute atomic E-state index is 13.0. The van der Waals surface area contributed by atoms with Crippen LogP contribution in [0.4, 0.5) is 5.69 Å². The molecule has 0 saturated carbocycles. The Labute approximate surface area is 145 Å². The number of para-hydroxylation sites is 2. The number of carbonyl (C=O) groups excluding carboxylic acids is 2. The summed E-state index contributed by atoms with van der Waals surface area (Å²) in [6.07, 6.45) is 0.116. The molecular weight excluding hydrogens is 316 g/mol. The monoisotopic (exact) mass is 334 g/mol. The van der Waals surface area contributed by atoms with Crippen LogP contribution in [0.15, 0.2) is 66.7 Å². The van der Waals surface area contributed by atoms with Gasteiger partial charge >= 0.3 is 5.97 Å². The predicted molar refractivity (Wildman–Crippen MR) is 96.5 cm³/mol. The molecule has 5 heteroatoms. The number of anilines is 1. The van der Waals surface area contributed by atoms with Crippen molar-refractivity contribution in [1.29, 1.82) is 0 Å². The molecule has 0 atom stereocenters. The first-order valence-electron chi connectivity index (χ1n) is 7.98. The van der Waals surface area contributed by atoms with Crippen LogP contribution < -0.4 is 4.90 Å². The SMILES string of the molecule is COC(=O)CCN(C(=O)c1ccc2ccccc2n1)c1ccccc1. The zero-order valence-electron chi connectivity index (χ0n) is 13.9. The molecule has 5 nitrogen and oxygen atoms in total. The van der Waals surface area contributed by atoms with Gasteiger partial charge < -0.3 is 9.64 Å². The first kappa shape index (κ1) is 16.6. The number of ether oxygens (including phenoxy) is 1. The van der Waals surface area contributed by atoms with Crippen molar-refractivity contribution >= 4 is 28.5 Å². The smallest absolute Gasteiger partial charge is 0.307 e. The summed E-state index contributed by atoms with van der Waals surface area (Å²) in [5, 5.41) is 0.972. The van der Waals surface area contributed by atoms with Gasteiger partial charge in [0.25, 0.3) is 5.91 Å². The van der Waals surface area contributed by atoms with Gasteiger partial charge in [-0.1, -0.05) is 42.5 Å².